The number of carbonyl (C=O) groups is 1. The van der Waals surface area contributed by atoms with Gasteiger partial charge in [0.15, 0.2) is 5.16 Å². The van der Waals surface area contributed by atoms with Crippen LogP contribution in [0.4, 0.5) is 0 Å². The zero-order valence-corrected chi connectivity index (χ0v) is 14.4. The number of hydrazone groups is 1. The summed E-state index contributed by atoms with van der Waals surface area (Å²) in [5, 5.41) is 4.81. The van der Waals surface area contributed by atoms with Crippen molar-refractivity contribution in [3.05, 3.63) is 59.7 Å². The van der Waals surface area contributed by atoms with E-state index in [4.69, 9.17) is 0 Å². The summed E-state index contributed by atoms with van der Waals surface area (Å²) < 4.78 is 1.99. The van der Waals surface area contributed by atoms with E-state index in [-0.39, 0.29) is 11.7 Å². The molecule has 0 atom stereocenters. The minimum atomic E-state index is -0.157. The van der Waals surface area contributed by atoms with Gasteiger partial charge in [0.1, 0.15) is 0 Å². The Balaban J connectivity index is 1.56. The number of carbonyl (C=O) groups excluding carboxylic acids is 1. The van der Waals surface area contributed by atoms with Gasteiger partial charge in [0.05, 0.1) is 23.0 Å². The maximum Gasteiger partial charge on any atom is 0.250 e. The second kappa shape index (κ2) is 7.31. The van der Waals surface area contributed by atoms with Crippen LogP contribution in [0.3, 0.4) is 0 Å². The fraction of sp³-hybridized carbons (Fsp3) is 0.167. The van der Waals surface area contributed by atoms with Crippen molar-refractivity contribution >= 4 is 34.9 Å². The largest absolute Gasteiger partial charge is 0.322 e. The Labute approximate surface area is 144 Å². The summed E-state index contributed by atoms with van der Waals surface area (Å²) in [6, 6.07) is 15.8. The number of thioether (sulfide) groups is 1. The van der Waals surface area contributed by atoms with E-state index in [2.05, 4.69) is 15.5 Å². The van der Waals surface area contributed by atoms with Crippen LogP contribution < -0.4 is 5.43 Å². The summed E-state index contributed by atoms with van der Waals surface area (Å²) in [5.74, 6) is 0.110. The van der Waals surface area contributed by atoms with Gasteiger partial charge in [-0.3, -0.25) is 4.79 Å². The SMILES string of the molecule is Cc1cccc(C=NNC(=O)CSc2nc3ccccc3n2C)c1. The summed E-state index contributed by atoms with van der Waals surface area (Å²) in [4.78, 5) is 16.4. The first-order chi connectivity index (χ1) is 11.6. The molecule has 2 aromatic carbocycles. The van der Waals surface area contributed by atoms with E-state index in [1.165, 1.54) is 11.8 Å². The van der Waals surface area contributed by atoms with Gasteiger partial charge < -0.3 is 4.57 Å². The summed E-state index contributed by atoms with van der Waals surface area (Å²) >= 11 is 1.40. The standard InChI is InChI=1S/C18H18N4OS/c1-13-6-5-7-14(10-13)11-19-21-17(23)12-24-18-20-15-8-3-4-9-16(15)22(18)2/h3-11H,12H2,1-2H3,(H,21,23). The molecular formula is C18H18N4OS. The molecule has 0 radical (unpaired) electrons. The molecule has 3 rings (SSSR count). The maximum absolute atomic E-state index is 11.9. The van der Waals surface area contributed by atoms with Crippen molar-refractivity contribution in [2.24, 2.45) is 12.1 Å². The van der Waals surface area contributed by atoms with E-state index >= 15 is 0 Å². The van der Waals surface area contributed by atoms with Gasteiger partial charge in [-0.2, -0.15) is 5.10 Å². The van der Waals surface area contributed by atoms with Gasteiger partial charge in [-0.1, -0.05) is 53.7 Å². The molecule has 1 heterocycles. The Bertz CT molecular complexity index is 901. The smallest absolute Gasteiger partial charge is 0.250 e. The van der Waals surface area contributed by atoms with Gasteiger partial charge in [0.2, 0.25) is 0 Å². The number of aryl methyl sites for hydroxylation is 2. The van der Waals surface area contributed by atoms with Crippen molar-refractivity contribution in [1.29, 1.82) is 0 Å². The molecule has 122 valence electrons. The fourth-order valence-electron chi connectivity index (χ4n) is 2.34. The van der Waals surface area contributed by atoms with E-state index in [9.17, 15) is 4.79 Å². The number of aromatic nitrogens is 2. The van der Waals surface area contributed by atoms with Gasteiger partial charge in [-0.15, -0.1) is 0 Å². The van der Waals surface area contributed by atoms with E-state index in [0.29, 0.717) is 0 Å². The predicted octanol–water partition coefficient (Wildman–Crippen LogP) is 3.12. The Morgan fingerprint density at radius 2 is 2.12 bits per heavy atom. The molecule has 1 amide bonds. The normalized spacial score (nSPS) is 11.2. The minimum absolute atomic E-state index is 0.157. The van der Waals surface area contributed by atoms with Crippen molar-refractivity contribution in [2.75, 3.05) is 5.75 Å². The molecule has 24 heavy (non-hydrogen) atoms. The van der Waals surface area contributed by atoms with Crippen LogP contribution in [0.15, 0.2) is 58.8 Å². The first-order valence-corrected chi connectivity index (χ1v) is 8.55. The van der Waals surface area contributed by atoms with Crippen LogP contribution >= 0.6 is 11.8 Å². The lowest BCUT2D eigenvalue weighted by Crippen LogP contribution is -2.19. The third-order valence-corrected chi connectivity index (χ3v) is 4.55. The Morgan fingerprint density at radius 1 is 1.29 bits per heavy atom. The molecule has 5 nitrogen and oxygen atoms in total. The van der Waals surface area contributed by atoms with Gasteiger partial charge in [-0.05, 0) is 24.6 Å². The number of hydrogen-bond acceptors (Lipinski definition) is 4. The lowest BCUT2D eigenvalue weighted by molar-refractivity contribution is -0.118. The maximum atomic E-state index is 11.9. The molecule has 0 aliphatic carbocycles. The molecule has 3 aromatic rings. The highest BCUT2D eigenvalue weighted by Crippen LogP contribution is 2.22. The monoisotopic (exact) mass is 338 g/mol. The molecule has 0 unspecified atom stereocenters. The second-order valence-corrected chi connectivity index (χ2v) is 6.38. The number of nitrogens with zero attached hydrogens (tertiary/aromatic N) is 3. The number of fused-ring (bicyclic) bond motifs is 1. The zero-order chi connectivity index (χ0) is 16.9. The molecular weight excluding hydrogens is 320 g/mol. The van der Waals surface area contributed by atoms with Crippen molar-refractivity contribution < 1.29 is 4.79 Å². The lowest BCUT2D eigenvalue weighted by atomic mass is 10.2. The number of amides is 1. The van der Waals surface area contributed by atoms with Gasteiger partial charge >= 0.3 is 0 Å². The highest BCUT2D eigenvalue weighted by atomic mass is 32.2. The molecule has 0 bridgehead atoms. The molecule has 0 fully saturated rings. The van der Waals surface area contributed by atoms with E-state index in [0.717, 1.165) is 27.3 Å². The van der Waals surface area contributed by atoms with Crippen LogP contribution in [0.5, 0.6) is 0 Å². The highest BCUT2D eigenvalue weighted by molar-refractivity contribution is 7.99. The van der Waals surface area contributed by atoms with Crippen LogP contribution in [0.2, 0.25) is 0 Å². The van der Waals surface area contributed by atoms with Crippen LogP contribution in [-0.4, -0.2) is 27.4 Å². The second-order valence-electron chi connectivity index (χ2n) is 5.44. The molecule has 0 saturated carbocycles. The summed E-state index contributed by atoms with van der Waals surface area (Å²) in [6.45, 7) is 2.02. The van der Waals surface area contributed by atoms with Crippen molar-refractivity contribution in [2.45, 2.75) is 12.1 Å². The van der Waals surface area contributed by atoms with Crippen molar-refractivity contribution in [3.63, 3.8) is 0 Å². The molecule has 0 aliphatic heterocycles. The fourth-order valence-corrected chi connectivity index (χ4v) is 3.12. The van der Waals surface area contributed by atoms with Gasteiger partial charge in [-0.25, -0.2) is 10.4 Å². The third-order valence-electron chi connectivity index (χ3n) is 3.52. The average molecular weight is 338 g/mol. The summed E-state index contributed by atoms with van der Waals surface area (Å²) in [7, 11) is 1.95. The first-order valence-electron chi connectivity index (χ1n) is 7.56. The number of benzene rings is 2. The van der Waals surface area contributed by atoms with Crippen LogP contribution in [0.25, 0.3) is 11.0 Å². The summed E-state index contributed by atoms with van der Waals surface area (Å²) in [5.41, 5.74) is 6.64. The number of para-hydroxylation sites is 2. The Morgan fingerprint density at radius 3 is 2.92 bits per heavy atom. The first kappa shape index (κ1) is 16.3. The quantitative estimate of drug-likeness (QED) is 0.442. The van der Waals surface area contributed by atoms with Crippen molar-refractivity contribution in [1.82, 2.24) is 15.0 Å². The zero-order valence-electron chi connectivity index (χ0n) is 13.6. The average Bonchev–Trinajstić information content (AvgIpc) is 2.90. The molecule has 0 saturated heterocycles. The van der Waals surface area contributed by atoms with Crippen LogP contribution in [-0.2, 0) is 11.8 Å². The summed E-state index contributed by atoms with van der Waals surface area (Å²) in [6.07, 6.45) is 1.64. The van der Waals surface area contributed by atoms with Gasteiger partial charge in [0, 0.05) is 7.05 Å². The van der Waals surface area contributed by atoms with E-state index in [1.54, 1.807) is 6.21 Å². The number of imidazole rings is 1. The molecule has 0 aliphatic rings. The molecule has 6 heteroatoms. The molecule has 0 spiro atoms. The number of rotatable bonds is 5. The molecule has 1 N–H and O–H groups in total. The molecule has 1 aromatic heterocycles. The minimum Gasteiger partial charge on any atom is -0.322 e. The van der Waals surface area contributed by atoms with E-state index in [1.807, 2.05) is 67.1 Å². The number of nitrogens with one attached hydrogen (secondary N) is 1. The third kappa shape index (κ3) is 3.83. The van der Waals surface area contributed by atoms with Crippen LogP contribution in [0, 0.1) is 6.92 Å². The lowest BCUT2D eigenvalue weighted by Gasteiger charge is -2.01. The van der Waals surface area contributed by atoms with Crippen LogP contribution in [0.1, 0.15) is 11.1 Å². The highest BCUT2D eigenvalue weighted by Gasteiger charge is 2.09. The van der Waals surface area contributed by atoms with Gasteiger partial charge in [0.25, 0.3) is 5.91 Å². The Hall–Kier alpha value is -2.60. The Kier molecular flexibility index (Phi) is 4.96. The van der Waals surface area contributed by atoms with E-state index < -0.39 is 0 Å². The predicted molar refractivity (Wildman–Crippen MR) is 98.4 cm³/mol. The topological polar surface area (TPSA) is 59.3 Å². The number of hydrogen-bond donors (Lipinski definition) is 1. The van der Waals surface area contributed by atoms with Crippen molar-refractivity contribution in [3.8, 4) is 0 Å².